The number of hydrogen-bond donors (Lipinski definition) is 1. The number of piperazine rings is 1. The molecule has 1 N–H and O–H groups in total. The number of likely N-dealkylation sites (N-methyl/N-ethyl adjacent to an activating group) is 1. The molecule has 1 fully saturated rings. The third kappa shape index (κ3) is 4.73. The molecule has 0 aliphatic carbocycles. The minimum absolute atomic E-state index is 0.0972. The van der Waals surface area contributed by atoms with Gasteiger partial charge in [-0.1, -0.05) is 31.5 Å². The number of carbonyl (C=O) groups excluding carboxylic acids is 1. The Morgan fingerprint density at radius 3 is 2.52 bits per heavy atom. The van der Waals surface area contributed by atoms with E-state index in [1.807, 2.05) is 50.2 Å². The second-order valence-electron chi connectivity index (χ2n) is 8.14. The SMILES string of the molecule is CC(C)c1c(C(=O)Nc2ccc(N3CCN(C)CC3)nc2)cnn1-c1cccc(Cl)c1. The molecule has 162 valence electrons. The summed E-state index contributed by atoms with van der Waals surface area (Å²) in [6, 6.07) is 11.3. The van der Waals surface area contributed by atoms with Gasteiger partial charge in [-0.2, -0.15) is 5.10 Å². The van der Waals surface area contributed by atoms with E-state index in [1.165, 1.54) is 0 Å². The molecule has 0 unspecified atom stereocenters. The van der Waals surface area contributed by atoms with Crippen LogP contribution >= 0.6 is 11.6 Å². The van der Waals surface area contributed by atoms with E-state index in [-0.39, 0.29) is 11.8 Å². The van der Waals surface area contributed by atoms with Crippen LogP contribution in [0.15, 0.2) is 48.8 Å². The van der Waals surface area contributed by atoms with E-state index in [9.17, 15) is 4.79 Å². The van der Waals surface area contributed by atoms with Crippen molar-refractivity contribution in [2.75, 3.05) is 43.4 Å². The van der Waals surface area contributed by atoms with Crippen molar-refractivity contribution < 1.29 is 4.79 Å². The van der Waals surface area contributed by atoms with Crippen LogP contribution in [0.4, 0.5) is 11.5 Å². The molecule has 7 nitrogen and oxygen atoms in total. The van der Waals surface area contributed by atoms with Gasteiger partial charge in [-0.25, -0.2) is 9.67 Å². The van der Waals surface area contributed by atoms with E-state index in [2.05, 4.69) is 32.2 Å². The summed E-state index contributed by atoms with van der Waals surface area (Å²) in [5, 5.41) is 8.05. The molecule has 2 aromatic heterocycles. The molecule has 3 heterocycles. The number of carbonyl (C=O) groups is 1. The number of benzene rings is 1. The molecule has 3 aromatic rings. The molecule has 1 aliphatic rings. The molecule has 0 atom stereocenters. The molecule has 0 spiro atoms. The summed E-state index contributed by atoms with van der Waals surface area (Å²) in [7, 11) is 2.13. The molecule has 31 heavy (non-hydrogen) atoms. The minimum Gasteiger partial charge on any atom is -0.354 e. The smallest absolute Gasteiger partial charge is 0.259 e. The van der Waals surface area contributed by atoms with Gasteiger partial charge in [0, 0.05) is 31.2 Å². The van der Waals surface area contributed by atoms with Crippen LogP contribution in [-0.4, -0.2) is 58.8 Å². The first-order valence-corrected chi connectivity index (χ1v) is 10.8. The normalized spacial score (nSPS) is 14.8. The number of nitrogens with zero attached hydrogens (tertiary/aromatic N) is 5. The van der Waals surface area contributed by atoms with E-state index in [4.69, 9.17) is 11.6 Å². The third-order valence-corrected chi connectivity index (χ3v) is 5.72. The molecule has 1 aliphatic heterocycles. The fourth-order valence-electron chi connectivity index (χ4n) is 3.78. The summed E-state index contributed by atoms with van der Waals surface area (Å²) < 4.78 is 1.78. The largest absolute Gasteiger partial charge is 0.354 e. The van der Waals surface area contributed by atoms with Crippen LogP contribution in [0.5, 0.6) is 0 Å². The van der Waals surface area contributed by atoms with Crippen LogP contribution in [0.2, 0.25) is 5.02 Å². The average molecular weight is 439 g/mol. The maximum Gasteiger partial charge on any atom is 0.259 e. The maximum absolute atomic E-state index is 13.0. The molecular weight excluding hydrogens is 412 g/mol. The molecule has 4 rings (SSSR count). The quantitative estimate of drug-likeness (QED) is 0.651. The summed E-state index contributed by atoms with van der Waals surface area (Å²) in [4.78, 5) is 22.2. The molecule has 0 saturated carbocycles. The van der Waals surface area contributed by atoms with Crippen molar-refractivity contribution in [3.63, 3.8) is 0 Å². The lowest BCUT2D eigenvalue weighted by atomic mass is 10.0. The van der Waals surface area contributed by atoms with Crippen LogP contribution in [0.3, 0.4) is 0 Å². The highest BCUT2D eigenvalue weighted by molar-refractivity contribution is 6.30. The van der Waals surface area contributed by atoms with Crippen LogP contribution in [0.1, 0.15) is 35.8 Å². The van der Waals surface area contributed by atoms with Crippen molar-refractivity contribution in [2.24, 2.45) is 0 Å². The van der Waals surface area contributed by atoms with Crippen LogP contribution in [-0.2, 0) is 0 Å². The Labute approximate surface area is 187 Å². The third-order valence-electron chi connectivity index (χ3n) is 5.48. The fraction of sp³-hybridized carbons (Fsp3) is 0.348. The highest BCUT2D eigenvalue weighted by Gasteiger charge is 2.21. The Hall–Kier alpha value is -2.90. The lowest BCUT2D eigenvalue weighted by Gasteiger charge is -2.33. The summed E-state index contributed by atoms with van der Waals surface area (Å²) in [5.74, 6) is 0.828. The van der Waals surface area contributed by atoms with Crippen molar-refractivity contribution in [1.29, 1.82) is 0 Å². The number of amides is 1. The Morgan fingerprint density at radius 1 is 1.10 bits per heavy atom. The number of rotatable bonds is 5. The van der Waals surface area contributed by atoms with Crippen molar-refractivity contribution in [1.82, 2.24) is 19.7 Å². The van der Waals surface area contributed by atoms with E-state index < -0.39 is 0 Å². The standard InChI is InChI=1S/C23H27ClN6O/c1-16(2)22-20(15-26-30(22)19-6-4-5-17(24)13-19)23(31)27-18-7-8-21(25-14-18)29-11-9-28(3)10-12-29/h4-8,13-16H,9-12H2,1-3H3,(H,27,31). The van der Waals surface area contributed by atoms with E-state index in [1.54, 1.807) is 17.1 Å². The Morgan fingerprint density at radius 2 is 1.87 bits per heavy atom. The van der Waals surface area contributed by atoms with Gasteiger partial charge in [-0.15, -0.1) is 0 Å². The van der Waals surface area contributed by atoms with Gasteiger partial charge in [-0.3, -0.25) is 4.79 Å². The van der Waals surface area contributed by atoms with E-state index in [0.29, 0.717) is 16.3 Å². The second kappa shape index (κ2) is 9.08. The molecule has 1 aromatic carbocycles. The second-order valence-corrected chi connectivity index (χ2v) is 8.58. The van der Waals surface area contributed by atoms with Crippen molar-refractivity contribution in [2.45, 2.75) is 19.8 Å². The zero-order valence-electron chi connectivity index (χ0n) is 18.0. The Bertz CT molecular complexity index is 1050. The number of halogens is 1. The van der Waals surface area contributed by atoms with Gasteiger partial charge in [0.2, 0.25) is 0 Å². The van der Waals surface area contributed by atoms with Crippen LogP contribution in [0.25, 0.3) is 5.69 Å². The summed E-state index contributed by atoms with van der Waals surface area (Å²) in [6.45, 7) is 8.04. The number of pyridine rings is 1. The van der Waals surface area contributed by atoms with Crippen LogP contribution < -0.4 is 10.2 Å². The minimum atomic E-state index is -0.203. The highest BCUT2D eigenvalue weighted by atomic mass is 35.5. The molecule has 8 heteroatoms. The Balaban J connectivity index is 1.52. The monoisotopic (exact) mass is 438 g/mol. The topological polar surface area (TPSA) is 66.3 Å². The molecule has 1 saturated heterocycles. The van der Waals surface area contributed by atoms with Gasteiger partial charge in [0.1, 0.15) is 5.82 Å². The first-order chi connectivity index (χ1) is 14.9. The zero-order chi connectivity index (χ0) is 22.0. The molecule has 1 amide bonds. The van der Waals surface area contributed by atoms with E-state index >= 15 is 0 Å². The number of anilines is 2. The van der Waals surface area contributed by atoms with Gasteiger partial charge < -0.3 is 15.1 Å². The lowest BCUT2D eigenvalue weighted by Crippen LogP contribution is -2.44. The van der Waals surface area contributed by atoms with Gasteiger partial charge in [0.25, 0.3) is 5.91 Å². The summed E-state index contributed by atoms with van der Waals surface area (Å²) >= 11 is 6.15. The van der Waals surface area contributed by atoms with Gasteiger partial charge in [-0.05, 0) is 43.3 Å². The number of aromatic nitrogens is 3. The number of nitrogens with one attached hydrogen (secondary N) is 1. The lowest BCUT2D eigenvalue weighted by molar-refractivity contribution is 0.102. The average Bonchev–Trinajstić information content (AvgIpc) is 3.21. The first-order valence-electron chi connectivity index (χ1n) is 10.5. The maximum atomic E-state index is 13.0. The predicted octanol–water partition coefficient (Wildman–Crippen LogP) is 4.05. The van der Waals surface area contributed by atoms with Crippen LogP contribution in [0, 0.1) is 0 Å². The first kappa shape index (κ1) is 21.3. The molecule has 0 bridgehead atoms. The van der Waals surface area contributed by atoms with Gasteiger partial charge >= 0.3 is 0 Å². The predicted molar refractivity (Wildman–Crippen MR) is 125 cm³/mol. The number of hydrogen-bond acceptors (Lipinski definition) is 5. The van der Waals surface area contributed by atoms with Gasteiger partial charge in [0.05, 0.1) is 35.0 Å². The fourth-order valence-corrected chi connectivity index (χ4v) is 3.97. The molecular formula is C23H27ClN6O. The zero-order valence-corrected chi connectivity index (χ0v) is 18.8. The highest BCUT2D eigenvalue weighted by Crippen LogP contribution is 2.25. The van der Waals surface area contributed by atoms with Crippen molar-refractivity contribution in [3.05, 3.63) is 65.1 Å². The summed E-state index contributed by atoms with van der Waals surface area (Å²) in [5.41, 5.74) is 2.86. The summed E-state index contributed by atoms with van der Waals surface area (Å²) in [6.07, 6.45) is 3.32. The Kier molecular flexibility index (Phi) is 6.25. The van der Waals surface area contributed by atoms with Crippen molar-refractivity contribution >= 4 is 29.0 Å². The van der Waals surface area contributed by atoms with Crippen molar-refractivity contribution in [3.8, 4) is 5.69 Å². The van der Waals surface area contributed by atoms with E-state index in [0.717, 1.165) is 43.4 Å². The molecule has 0 radical (unpaired) electrons. The van der Waals surface area contributed by atoms with Gasteiger partial charge in [0.15, 0.2) is 0 Å².